The van der Waals surface area contributed by atoms with Gasteiger partial charge in [0.15, 0.2) is 0 Å². The molecule has 0 aliphatic carbocycles. The molecule has 1 saturated heterocycles. The van der Waals surface area contributed by atoms with Gasteiger partial charge in [-0.3, -0.25) is 9.59 Å². The average Bonchev–Trinajstić information content (AvgIpc) is 3.50. The fraction of sp³-hybridized carbons (Fsp3) is 0.450. The Morgan fingerprint density at radius 1 is 1.21 bits per heavy atom. The second-order valence-corrected chi connectivity index (χ2v) is 12.6. The number of carbonyl (C=O) groups excluding carboxylic acids is 3. The van der Waals surface area contributed by atoms with Gasteiger partial charge in [-0.1, -0.05) is 11.6 Å². The first-order valence-corrected chi connectivity index (χ1v) is 13.6. The maximum atomic E-state index is 13.2. The van der Waals surface area contributed by atoms with E-state index in [4.69, 9.17) is 16.3 Å². The number of amides is 2. The summed E-state index contributed by atoms with van der Waals surface area (Å²) in [5.41, 5.74) is 1.02. The number of sulfonamides is 1. The van der Waals surface area contributed by atoms with Crippen molar-refractivity contribution in [3.8, 4) is 0 Å². The van der Waals surface area contributed by atoms with Gasteiger partial charge in [-0.25, -0.2) is 13.2 Å². The van der Waals surface area contributed by atoms with E-state index >= 15 is 0 Å². The fourth-order valence-electron chi connectivity index (χ4n) is 4.12. The minimum absolute atomic E-state index is 0.0697. The van der Waals surface area contributed by atoms with Crippen LogP contribution in [0.1, 0.15) is 40.6 Å². The molecule has 2 aliphatic rings. The molecule has 1 fully saturated rings. The van der Waals surface area contributed by atoms with Crippen molar-refractivity contribution in [2.75, 3.05) is 25.5 Å². The minimum atomic E-state index is -3.88. The zero-order valence-corrected chi connectivity index (χ0v) is 21.1. The maximum Gasteiger partial charge on any atom is 0.341 e. The lowest BCUT2D eigenvalue weighted by atomic mass is 10.0. The van der Waals surface area contributed by atoms with E-state index in [9.17, 15) is 22.8 Å². The molecule has 33 heavy (non-hydrogen) atoms. The van der Waals surface area contributed by atoms with E-state index in [1.165, 1.54) is 41.8 Å². The summed E-state index contributed by atoms with van der Waals surface area (Å²) in [6, 6.07) is 2.03. The third-order valence-corrected chi connectivity index (χ3v) is 10.5. The van der Waals surface area contributed by atoms with Gasteiger partial charge in [0.05, 0.1) is 23.6 Å². The van der Waals surface area contributed by atoms with Crippen LogP contribution >= 0.6 is 34.3 Å². The van der Waals surface area contributed by atoms with Crippen LogP contribution in [0.2, 0.25) is 4.34 Å². The number of nitrogens with zero attached hydrogens (tertiary/aromatic N) is 2. The number of fused-ring (bicyclic) bond motifs is 1. The summed E-state index contributed by atoms with van der Waals surface area (Å²) in [4.78, 5) is 40.0. The summed E-state index contributed by atoms with van der Waals surface area (Å²) in [5.74, 6) is -1.16. The average molecular weight is 532 g/mol. The zero-order chi connectivity index (χ0) is 23.9. The van der Waals surface area contributed by atoms with Crippen LogP contribution in [0.25, 0.3) is 0 Å². The lowest BCUT2D eigenvalue weighted by Crippen LogP contribution is -2.42. The Bertz CT molecular complexity index is 1220. The quantitative estimate of drug-likeness (QED) is 0.593. The van der Waals surface area contributed by atoms with Crippen molar-refractivity contribution in [1.29, 1.82) is 0 Å². The molecule has 4 heterocycles. The number of methoxy groups -OCH3 is 1. The molecule has 0 saturated carbocycles. The number of thiophene rings is 2. The number of ether oxygens (including phenoxy) is 1. The molecule has 1 unspecified atom stereocenters. The topological polar surface area (TPSA) is 113 Å². The van der Waals surface area contributed by atoms with Gasteiger partial charge in [-0.05, 0) is 37.0 Å². The molecule has 1 atom stereocenters. The SMILES string of the molecule is COC(=O)c1c(NC(=O)C2CCCN2S(=O)(=O)c2ccc(Cl)s2)sc2c1CCN(C(C)=O)C2. The molecule has 0 spiro atoms. The van der Waals surface area contributed by atoms with E-state index in [1.54, 1.807) is 4.90 Å². The third-order valence-electron chi connectivity index (χ3n) is 5.75. The number of nitrogens with one attached hydrogen (secondary N) is 1. The largest absolute Gasteiger partial charge is 0.465 e. The number of anilines is 1. The second-order valence-electron chi connectivity index (χ2n) is 7.71. The normalized spacial score (nSPS) is 18.8. The fourth-order valence-corrected chi connectivity index (χ4v) is 8.64. The molecule has 2 aliphatic heterocycles. The van der Waals surface area contributed by atoms with E-state index in [1.807, 2.05) is 0 Å². The van der Waals surface area contributed by atoms with Crippen molar-refractivity contribution < 1.29 is 27.5 Å². The van der Waals surface area contributed by atoms with Crippen LogP contribution in [0.4, 0.5) is 5.00 Å². The smallest absolute Gasteiger partial charge is 0.341 e. The van der Waals surface area contributed by atoms with Crippen LogP contribution in [0.3, 0.4) is 0 Å². The second kappa shape index (κ2) is 9.34. The molecule has 2 aromatic rings. The highest BCUT2D eigenvalue weighted by atomic mass is 35.5. The predicted molar refractivity (Wildman–Crippen MR) is 125 cm³/mol. The number of hydrogen-bond acceptors (Lipinski definition) is 8. The van der Waals surface area contributed by atoms with Gasteiger partial charge in [0.25, 0.3) is 10.0 Å². The molecular formula is C20H22ClN3O6S3. The molecule has 9 nitrogen and oxygen atoms in total. The van der Waals surface area contributed by atoms with Crippen LogP contribution in [-0.4, -0.2) is 61.6 Å². The molecule has 1 N–H and O–H groups in total. The van der Waals surface area contributed by atoms with Crippen molar-refractivity contribution in [3.05, 3.63) is 32.5 Å². The summed E-state index contributed by atoms with van der Waals surface area (Å²) < 4.78 is 32.7. The molecule has 4 rings (SSSR count). The van der Waals surface area contributed by atoms with Crippen molar-refractivity contribution in [3.63, 3.8) is 0 Å². The van der Waals surface area contributed by atoms with Crippen LogP contribution in [0.5, 0.6) is 0 Å². The Morgan fingerprint density at radius 3 is 2.61 bits per heavy atom. The van der Waals surface area contributed by atoms with Crippen molar-refractivity contribution >= 4 is 67.1 Å². The van der Waals surface area contributed by atoms with Gasteiger partial charge in [0.1, 0.15) is 15.3 Å². The monoisotopic (exact) mass is 531 g/mol. The van der Waals surface area contributed by atoms with Crippen molar-refractivity contribution in [1.82, 2.24) is 9.21 Å². The Balaban J connectivity index is 1.61. The number of halogens is 1. The third kappa shape index (κ3) is 4.54. The Hall–Kier alpha value is -1.99. The maximum absolute atomic E-state index is 13.2. The lowest BCUT2D eigenvalue weighted by Gasteiger charge is -2.25. The van der Waals surface area contributed by atoms with Gasteiger partial charge < -0.3 is 15.0 Å². The van der Waals surface area contributed by atoms with Crippen LogP contribution in [-0.2, 0) is 37.3 Å². The van der Waals surface area contributed by atoms with E-state index < -0.39 is 27.9 Å². The molecule has 0 aromatic carbocycles. The molecule has 2 amide bonds. The van der Waals surface area contributed by atoms with E-state index in [0.717, 1.165) is 21.8 Å². The molecule has 13 heteroatoms. The van der Waals surface area contributed by atoms with Gasteiger partial charge in [-0.15, -0.1) is 22.7 Å². The number of rotatable bonds is 5. The summed E-state index contributed by atoms with van der Waals surface area (Å²) in [5, 5.41) is 3.09. The Morgan fingerprint density at radius 2 is 1.97 bits per heavy atom. The standard InChI is InChI=1S/C20H22ClN3O6S3/c1-11(25)23-9-7-12-14(10-23)31-19(17(12)20(27)30-2)22-18(26)13-4-3-8-24(13)33(28,29)16-6-5-15(21)32-16/h5-6,13H,3-4,7-10H2,1-2H3,(H,22,26). The first kappa shape index (κ1) is 24.1. The Labute approximate surface area is 204 Å². The molecular weight excluding hydrogens is 510 g/mol. The van der Waals surface area contributed by atoms with E-state index in [-0.39, 0.29) is 22.2 Å². The van der Waals surface area contributed by atoms with Gasteiger partial charge in [0, 0.05) is 24.9 Å². The van der Waals surface area contributed by atoms with E-state index in [2.05, 4.69) is 5.32 Å². The molecule has 2 aromatic heterocycles. The number of hydrogen-bond donors (Lipinski definition) is 1. The van der Waals surface area contributed by atoms with Crippen LogP contribution in [0.15, 0.2) is 16.3 Å². The molecule has 0 radical (unpaired) electrons. The highest BCUT2D eigenvalue weighted by molar-refractivity contribution is 7.91. The predicted octanol–water partition coefficient (Wildman–Crippen LogP) is 2.95. The number of carbonyl (C=O) groups is 3. The zero-order valence-electron chi connectivity index (χ0n) is 17.9. The minimum Gasteiger partial charge on any atom is -0.465 e. The summed E-state index contributed by atoms with van der Waals surface area (Å²) in [6.45, 7) is 2.51. The first-order chi connectivity index (χ1) is 15.6. The first-order valence-electron chi connectivity index (χ1n) is 10.2. The van der Waals surface area contributed by atoms with Crippen LogP contribution < -0.4 is 5.32 Å². The van der Waals surface area contributed by atoms with E-state index in [0.29, 0.717) is 41.7 Å². The van der Waals surface area contributed by atoms with Gasteiger partial charge in [-0.2, -0.15) is 4.31 Å². The Kier molecular flexibility index (Phi) is 6.83. The molecule has 0 bridgehead atoms. The summed E-state index contributed by atoms with van der Waals surface area (Å²) in [6.07, 6.45) is 1.37. The van der Waals surface area contributed by atoms with Gasteiger partial charge in [0.2, 0.25) is 11.8 Å². The summed E-state index contributed by atoms with van der Waals surface area (Å²) in [7, 11) is -2.62. The van der Waals surface area contributed by atoms with Gasteiger partial charge >= 0.3 is 5.97 Å². The highest BCUT2D eigenvalue weighted by Crippen LogP contribution is 2.39. The van der Waals surface area contributed by atoms with Crippen molar-refractivity contribution in [2.45, 2.75) is 43.0 Å². The summed E-state index contributed by atoms with van der Waals surface area (Å²) >= 11 is 8.06. The van der Waals surface area contributed by atoms with Crippen LogP contribution in [0, 0.1) is 0 Å². The number of esters is 1. The highest BCUT2D eigenvalue weighted by Gasteiger charge is 2.41. The van der Waals surface area contributed by atoms with Crippen molar-refractivity contribution in [2.24, 2.45) is 0 Å². The molecule has 178 valence electrons. The lowest BCUT2D eigenvalue weighted by molar-refractivity contribution is -0.129.